The molecule has 0 amide bonds. The zero-order valence-corrected chi connectivity index (χ0v) is 13.9. The Morgan fingerprint density at radius 3 is 2.71 bits per heavy atom. The SMILES string of the molecule is CCC(CC)(CO)CNCc1cn(C)nc1-c1cccs1. The molecule has 0 aliphatic rings. The van der Waals surface area contributed by atoms with Gasteiger partial charge in [0.25, 0.3) is 0 Å². The van der Waals surface area contributed by atoms with E-state index in [2.05, 4.69) is 48.0 Å². The van der Waals surface area contributed by atoms with Gasteiger partial charge < -0.3 is 10.4 Å². The van der Waals surface area contributed by atoms with Crippen LogP contribution in [0.1, 0.15) is 32.3 Å². The molecule has 0 saturated carbocycles. The first-order valence-electron chi connectivity index (χ1n) is 7.52. The highest BCUT2D eigenvalue weighted by Gasteiger charge is 2.24. The predicted octanol–water partition coefficient (Wildman–Crippen LogP) is 3.04. The standard InChI is InChI=1S/C16H25N3OS/c1-4-16(5-2,12-20)11-17-9-13-10-19(3)18-15(13)14-7-6-8-21-14/h6-8,10,17,20H,4-5,9,11-12H2,1-3H3. The molecular weight excluding hydrogens is 282 g/mol. The number of nitrogens with one attached hydrogen (secondary N) is 1. The Kier molecular flexibility index (Phi) is 5.56. The van der Waals surface area contributed by atoms with E-state index in [-0.39, 0.29) is 12.0 Å². The van der Waals surface area contributed by atoms with Gasteiger partial charge in [0.2, 0.25) is 0 Å². The van der Waals surface area contributed by atoms with E-state index >= 15 is 0 Å². The Labute approximate surface area is 130 Å². The van der Waals surface area contributed by atoms with Crippen molar-refractivity contribution in [3.8, 4) is 10.6 Å². The molecule has 116 valence electrons. The zero-order chi connectivity index (χ0) is 15.3. The van der Waals surface area contributed by atoms with Crippen molar-refractivity contribution >= 4 is 11.3 Å². The molecule has 2 rings (SSSR count). The van der Waals surface area contributed by atoms with Gasteiger partial charge in [-0.05, 0) is 24.3 Å². The van der Waals surface area contributed by atoms with Crippen LogP contribution in [0, 0.1) is 5.41 Å². The molecule has 2 heterocycles. The van der Waals surface area contributed by atoms with Crippen LogP contribution in [-0.4, -0.2) is 28.0 Å². The number of thiophene rings is 1. The van der Waals surface area contributed by atoms with Crippen molar-refractivity contribution in [3.63, 3.8) is 0 Å². The lowest BCUT2D eigenvalue weighted by Gasteiger charge is -2.29. The van der Waals surface area contributed by atoms with E-state index in [1.165, 1.54) is 10.4 Å². The second-order valence-electron chi connectivity index (χ2n) is 5.62. The first-order chi connectivity index (χ1) is 10.1. The van der Waals surface area contributed by atoms with E-state index in [0.717, 1.165) is 31.6 Å². The molecule has 4 nitrogen and oxygen atoms in total. The van der Waals surface area contributed by atoms with Gasteiger partial charge in [0.15, 0.2) is 0 Å². The summed E-state index contributed by atoms with van der Waals surface area (Å²) in [5, 5.41) is 19.8. The molecule has 0 radical (unpaired) electrons. The predicted molar refractivity (Wildman–Crippen MR) is 88.3 cm³/mol. The highest BCUT2D eigenvalue weighted by atomic mass is 32.1. The second kappa shape index (κ2) is 7.20. The second-order valence-corrected chi connectivity index (χ2v) is 6.57. The van der Waals surface area contributed by atoms with E-state index in [4.69, 9.17) is 0 Å². The number of aliphatic hydroxyl groups excluding tert-OH is 1. The molecule has 2 aromatic heterocycles. The fourth-order valence-corrected chi connectivity index (χ4v) is 3.27. The molecule has 2 N–H and O–H groups in total. The molecule has 0 spiro atoms. The minimum Gasteiger partial charge on any atom is -0.396 e. The lowest BCUT2D eigenvalue weighted by atomic mass is 9.83. The number of aromatic nitrogens is 2. The van der Waals surface area contributed by atoms with Gasteiger partial charge in [0.1, 0.15) is 5.69 Å². The fourth-order valence-electron chi connectivity index (χ4n) is 2.53. The summed E-state index contributed by atoms with van der Waals surface area (Å²) in [6.45, 7) is 6.13. The number of hydrogen-bond donors (Lipinski definition) is 2. The molecule has 0 aliphatic heterocycles. The average Bonchev–Trinajstić information content (AvgIpc) is 3.13. The summed E-state index contributed by atoms with van der Waals surface area (Å²) in [7, 11) is 1.96. The topological polar surface area (TPSA) is 50.1 Å². The van der Waals surface area contributed by atoms with Crippen LogP contribution in [0.2, 0.25) is 0 Å². The number of rotatable bonds is 8. The zero-order valence-electron chi connectivity index (χ0n) is 13.1. The van der Waals surface area contributed by atoms with Crippen molar-refractivity contribution in [1.82, 2.24) is 15.1 Å². The van der Waals surface area contributed by atoms with Crippen LogP contribution in [0.15, 0.2) is 23.7 Å². The van der Waals surface area contributed by atoms with Gasteiger partial charge in [-0.15, -0.1) is 11.3 Å². The van der Waals surface area contributed by atoms with E-state index in [9.17, 15) is 5.11 Å². The Bertz CT molecular complexity index is 536. The number of hydrogen-bond acceptors (Lipinski definition) is 4. The average molecular weight is 307 g/mol. The quantitative estimate of drug-likeness (QED) is 0.788. The summed E-state index contributed by atoms with van der Waals surface area (Å²) in [6.07, 6.45) is 4.04. The lowest BCUT2D eigenvalue weighted by Crippen LogP contribution is -2.36. The Balaban J connectivity index is 2.04. The van der Waals surface area contributed by atoms with Crippen LogP contribution in [0.5, 0.6) is 0 Å². The van der Waals surface area contributed by atoms with Crippen molar-refractivity contribution in [2.75, 3.05) is 13.2 Å². The van der Waals surface area contributed by atoms with Crippen LogP contribution >= 0.6 is 11.3 Å². The summed E-state index contributed by atoms with van der Waals surface area (Å²) < 4.78 is 1.87. The van der Waals surface area contributed by atoms with E-state index in [1.807, 2.05) is 11.7 Å². The minimum atomic E-state index is -0.00863. The Morgan fingerprint density at radius 1 is 1.38 bits per heavy atom. The molecule has 2 aromatic rings. The third kappa shape index (κ3) is 3.73. The van der Waals surface area contributed by atoms with Gasteiger partial charge in [-0.1, -0.05) is 19.9 Å². The maximum atomic E-state index is 9.63. The Hall–Kier alpha value is -1.17. The highest BCUT2D eigenvalue weighted by Crippen LogP contribution is 2.27. The molecule has 0 unspecified atom stereocenters. The molecule has 0 aliphatic carbocycles. The van der Waals surface area contributed by atoms with Crippen molar-refractivity contribution in [2.45, 2.75) is 33.2 Å². The molecule has 0 aromatic carbocycles. The summed E-state index contributed by atoms with van der Waals surface area (Å²) >= 11 is 1.71. The van der Waals surface area contributed by atoms with Gasteiger partial charge in [0.05, 0.1) is 4.88 Å². The Morgan fingerprint density at radius 2 is 2.14 bits per heavy atom. The number of nitrogens with zero attached hydrogens (tertiary/aromatic N) is 2. The van der Waals surface area contributed by atoms with Crippen molar-refractivity contribution < 1.29 is 5.11 Å². The maximum absolute atomic E-state index is 9.63. The first kappa shape index (κ1) is 16.2. The molecule has 21 heavy (non-hydrogen) atoms. The van der Waals surface area contributed by atoms with Crippen molar-refractivity contribution in [3.05, 3.63) is 29.3 Å². The molecule has 0 fully saturated rings. The normalized spacial score (nSPS) is 12.0. The number of aliphatic hydroxyl groups is 1. The molecule has 0 bridgehead atoms. The molecule has 0 saturated heterocycles. The van der Waals surface area contributed by atoms with Crippen molar-refractivity contribution in [2.24, 2.45) is 12.5 Å². The van der Waals surface area contributed by atoms with E-state index in [0.29, 0.717) is 0 Å². The maximum Gasteiger partial charge on any atom is 0.107 e. The first-order valence-corrected chi connectivity index (χ1v) is 8.40. The summed E-state index contributed by atoms with van der Waals surface area (Å²) in [4.78, 5) is 1.20. The fraction of sp³-hybridized carbons (Fsp3) is 0.562. The van der Waals surface area contributed by atoms with E-state index < -0.39 is 0 Å². The van der Waals surface area contributed by atoms with Crippen LogP contribution in [0.25, 0.3) is 10.6 Å². The summed E-state index contributed by atoms with van der Waals surface area (Å²) in [5.74, 6) is 0. The van der Waals surface area contributed by atoms with Crippen LogP contribution in [0.3, 0.4) is 0 Å². The van der Waals surface area contributed by atoms with E-state index in [1.54, 1.807) is 11.3 Å². The van der Waals surface area contributed by atoms with Crippen LogP contribution in [0.4, 0.5) is 0 Å². The largest absolute Gasteiger partial charge is 0.396 e. The smallest absolute Gasteiger partial charge is 0.107 e. The highest BCUT2D eigenvalue weighted by molar-refractivity contribution is 7.13. The van der Waals surface area contributed by atoms with Gasteiger partial charge in [0, 0.05) is 43.9 Å². The van der Waals surface area contributed by atoms with Gasteiger partial charge in [-0.3, -0.25) is 4.68 Å². The van der Waals surface area contributed by atoms with Gasteiger partial charge >= 0.3 is 0 Å². The number of aryl methyl sites for hydroxylation is 1. The minimum absolute atomic E-state index is 0.00863. The molecular formula is C16H25N3OS. The molecule has 0 atom stereocenters. The molecule has 5 heteroatoms. The van der Waals surface area contributed by atoms with Crippen LogP contribution < -0.4 is 5.32 Å². The summed E-state index contributed by atoms with van der Waals surface area (Å²) in [6, 6.07) is 4.16. The third-order valence-corrected chi connectivity index (χ3v) is 5.19. The summed E-state index contributed by atoms with van der Waals surface area (Å²) in [5.41, 5.74) is 2.26. The third-order valence-electron chi connectivity index (χ3n) is 4.31. The van der Waals surface area contributed by atoms with Gasteiger partial charge in [-0.2, -0.15) is 5.10 Å². The lowest BCUT2D eigenvalue weighted by molar-refractivity contribution is 0.113. The van der Waals surface area contributed by atoms with Crippen molar-refractivity contribution in [1.29, 1.82) is 0 Å². The van der Waals surface area contributed by atoms with Gasteiger partial charge in [-0.25, -0.2) is 0 Å². The monoisotopic (exact) mass is 307 g/mol. The van der Waals surface area contributed by atoms with Crippen LogP contribution in [-0.2, 0) is 13.6 Å².